The lowest BCUT2D eigenvalue weighted by molar-refractivity contribution is -0.116. The number of rotatable bonds is 7. The first-order chi connectivity index (χ1) is 12.7. The fourth-order valence-electron chi connectivity index (χ4n) is 2.59. The van der Waals surface area contributed by atoms with Gasteiger partial charge in [-0.25, -0.2) is 17.9 Å². The van der Waals surface area contributed by atoms with Gasteiger partial charge in [-0.1, -0.05) is 5.16 Å². The zero-order chi connectivity index (χ0) is 20.2. The maximum absolute atomic E-state index is 12.4. The summed E-state index contributed by atoms with van der Waals surface area (Å²) in [6.45, 7) is 4.52. The Morgan fingerprint density at radius 2 is 1.85 bits per heavy atom. The van der Waals surface area contributed by atoms with E-state index in [1.165, 1.54) is 44.9 Å². The summed E-state index contributed by atoms with van der Waals surface area (Å²) in [5.74, 6) is -0.553. The van der Waals surface area contributed by atoms with Crippen LogP contribution < -0.4 is 9.62 Å². The molecule has 0 aliphatic carbocycles. The molecule has 0 unspecified atom stereocenters. The highest BCUT2D eigenvalue weighted by molar-refractivity contribution is 7.89. The number of aryl methyl sites for hydroxylation is 2. The Kier molecular flexibility index (Phi) is 6.34. The Hall–Kier alpha value is -2.72. The lowest BCUT2D eigenvalue weighted by Crippen LogP contribution is -2.37. The minimum Gasteiger partial charge on any atom is -0.465 e. The first-order valence-corrected chi connectivity index (χ1v) is 9.54. The van der Waals surface area contributed by atoms with Gasteiger partial charge < -0.3 is 14.2 Å². The van der Waals surface area contributed by atoms with Gasteiger partial charge in [0.05, 0.1) is 12.7 Å². The molecule has 1 aromatic carbocycles. The van der Waals surface area contributed by atoms with Gasteiger partial charge in [-0.3, -0.25) is 4.79 Å². The van der Waals surface area contributed by atoms with Gasteiger partial charge in [0, 0.05) is 25.7 Å². The Labute approximate surface area is 157 Å². The highest BCUT2D eigenvalue weighted by atomic mass is 32.2. The largest absolute Gasteiger partial charge is 0.465 e. The molecular weight excluding hydrogens is 374 g/mol. The average Bonchev–Trinajstić information content (AvgIpc) is 2.97. The van der Waals surface area contributed by atoms with E-state index >= 15 is 0 Å². The molecule has 9 nitrogen and oxygen atoms in total. The summed E-state index contributed by atoms with van der Waals surface area (Å²) in [7, 11) is -2.53. The number of anilines is 1. The lowest BCUT2D eigenvalue weighted by atomic mass is 10.2. The molecule has 10 heteroatoms. The van der Waals surface area contributed by atoms with Crippen molar-refractivity contribution in [3.8, 4) is 0 Å². The van der Waals surface area contributed by atoms with Crippen molar-refractivity contribution in [3.05, 3.63) is 41.3 Å². The van der Waals surface area contributed by atoms with E-state index in [2.05, 4.69) is 14.6 Å². The maximum Gasteiger partial charge on any atom is 0.337 e. The van der Waals surface area contributed by atoms with Crippen LogP contribution in [0.3, 0.4) is 0 Å². The number of amides is 1. The quantitative estimate of drug-likeness (QED) is 0.704. The van der Waals surface area contributed by atoms with Crippen LogP contribution in [0.4, 0.5) is 5.69 Å². The third-order valence-electron chi connectivity index (χ3n) is 3.84. The molecule has 0 fully saturated rings. The second-order valence-corrected chi connectivity index (χ2v) is 7.46. The molecule has 0 saturated heterocycles. The van der Waals surface area contributed by atoms with Crippen molar-refractivity contribution in [2.24, 2.45) is 0 Å². The fraction of sp³-hybridized carbons (Fsp3) is 0.353. The normalized spacial score (nSPS) is 11.3. The zero-order valence-electron chi connectivity index (χ0n) is 15.5. The number of hydrogen-bond donors (Lipinski definition) is 1. The van der Waals surface area contributed by atoms with Crippen LogP contribution >= 0.6 is 0 Å². The third kappa shape index (κ3) is 4.72. The molecule has 1 heterocycles. The van der Waals surface area contributed by atoms with Crippen molar-refractivity contribution < 1.29 is 27.3 Å². The van der Waals surface area contributed by atoms with E-state index in [9.17, 15) is 18.0 Å². The van der Waals surface area contributed by atoms with Crippen molar-refractivity contribution in [2.45, 2.75) is 25.7 Å². The Morgan fingerprint density at radius 3 is 2.33 bits per heavy atom. The molecule has 0 bridgehead atoms. The fourth-order valence-corrected chi connectivity index (χ4v) is 3.93. The van der Waals surface area contributed by atoms with Gasteiger partial charge in [0.2, 0.25) is 15.9 Å². The SMILES string of the molecule is COC(=O)c1ccc(N(CCNS(=O)(=O)c2c(C)noc2C)C(C)=O)cc1. The molecule has 2 rings (SSSR count). The van der Waals surface area contributed by atoms with Gasteiger partial charge in [0.15, 0.2) is 5.76 Å². The summed E-state index contributed by atoms with van der Waals surface area (Å²) < 4.78 is 36.8. The van der Waals surface area contributed by atoms with E-state index in [0.717, 1.165) is 0 Å². The summed E-state index contributed by atoms with van der Waals surface area (Å²) in [6, 6.07) is 6.25. The number of esters is 1. The molecule has 0 spiro atoms. The van der Waals surface area contributed by atoms with E-state index in [1.807, 2.05) is 0 Å². The standard InChI is InChI=1S/C17H21N3O6S/c1-11-16(12(2)26-19-11)27(23,24)18-9-10-20(13(3)21)15-7-5-14(6-8-15)17(22)25-4/h5-8,18H,9-10H2,1-4H3. The predicted molar refractivity (Wildman–Crippen MR) is 97.0 cm³/mol. The van der Waals surface area contributed by atoms with Crippen molar-refractivity contribution in [1.29, 1.82) is 0 Å². The van der Waals surface area contributed by atoms with Crippen LogP contribution in [0.2, 0.25) is 0 Å². The van der Waals surface area contributed by atoms with Gasteiger partial charge >= 0.3 is 5.97 Å². The molecule has 146 valence electrons. The van der Waals surface area contributed by atoms with Crippen molar-refractivity contribution in [3.63, 3.8) is 0 Å². The molecule has 0 aliphatic heterocycles. The molecule has 0 radical (unpaired) electrons. The van der Waals surface area contributed by atoms with E-state index < -0.39 is 16.0 Å². The smallest absolute Gasteiger partial charge is 0.337 e. The van der Waals surface area contributed by atoms with Gasteiger partial charge in [-0.2, -0.15) is 0 Å². The predicted octanol–water partition coefficient (Wildman–Crippen LogP) is 1.41. The molecule has 1 N–H and O–H groups in total. The van der Waals surface area contributed by atoms with E-state index in [4.69, 9.17) is 4.52 Å². The van der Waals surface area contributed by atoms with Crippen molar-refractivity contribution in [1.82, 2.24) is 9.88 Å². The maximum atomic E-state index is 12.4. The van der Waals surface area contributed by atoms with E-state index in [0.29, 0.717) is 11.3 Å². The number of hydrogen-bond acceptors (Lipinski definition) is 7. The zero-order valence-corrected chi connectivity index (χ0v) is 16.3. The lowest BCUT2D eigenvalue weighted by Gasteiger charge is -2.21. The number of carbonyl (C=O) groups is 2. The molecule has 1 aromatic heterocycles. The Bertz CT molecular complexity index is 915. The molecular formula is C17H21N3O6S. The second-order valence-electron chi connectivity index (χ2n) is 5.76. The highest BCUT2D eigenvalue weighted by Gasteiger charge is 2.24. The van der Waals surface area contributed by atoms with Crippen LogP contribution in [-0.4, -0.2) is 45.7 Å². The molecule has 0 saturated carbocycles. The van der Waals surface area contributed by atoms with Crippen LogP contribution in [0.5, 0.6) is 0 Å². The number of benzene rings is 1. The Balaban J connectivity index is 2.09. The molecule has 2 aromatic rings. The first-order valence-electron chi connectivity index (χ1n) is 8.06. The molecule has 0 atom stereocenters. The van der Waals surface area contributed by atoms with Gasteiger partial charge in [-0.05, 0) is 38.1 Å². The van der Waals surface area contributed by atoms with Crippen LogP contribution in [0.15, 0.2) is 33.7 Å². The van der Waals surface area contributed by atoms with Crippen LogP contribution in [0.25, 0.3) is 0 Å². The van der Waals surface area contributed by atoms with Crippen LogP contribution in [0.1, 0.15) is 28.7 Å². The number of aromatic nitrogens is 1. The van der Waals surface area contributed by atoms with Gasteiger partial charge in [0.1, 0.15) is 10.6 Å². The summed E-state index contributed by atoms with van der Waals surface area (Å²) in [6.07, 6.45) is 0. The highest BCUT2D eigenvalue weighted by Crippen LogP contribution is 2.19. The topological polar surface area (TPSA) is 119 Å². The molecule has 0 aliphatic rings. The number of methoxy groups -OCH3 is 1. The van der Waals surface area contributed by atoms with Gasteiger partial charge in [0.25, 0.3) is 0 Å². The summed E-state index contributed by atoms with van der Waals surface area (Å²) in [5.41, 5.74) is 1.15. The van der Waals surface area contributed by atoms with Crippen molar-refractivity contribution in [2.75, 3.05) is 25.1 Å². The van der Waals surface area contributed by atoms with E-state index in [-0.39, 0.29) is 35.3 Å². The second kappa shape index (κ2) is 8.31. The van der Waals surface area contributed by atoms with Crippen LogP contribution in [0, 0.1) is 13.8 Å². The molecule has 1 amide bonds. The van der Waals surface area contributed by atoms with Gasteiger partial charge in [-0.15, -0.1) is 0 Å². The first kappa shape index (κ1) is 20.6. The van der Waals surface area contributed by atoms with Crippen molar-refractivity contribution >= 4 is 27.6 Å². The number of nitrogens with zero attached hydrogens (tertiary/aromatic N) is 2. The average molecular weight is 395 g/mol. The molecule has 27 heavy (non-hydrogen) atoms. The monoisotopic (exact) mass is 395 g/mol. The Morgan fingerprint density at radius 1 is 1.22 bits per heavy atom. The number of sulfonamides is 1. The number of ether oxygens (including phenoxy) is 1. The third-order valence-corrected chi connectivity index (χ3v) is 5.55. The van der Waals surface area contributed by atoms with Crippen LogP contribution in [-0.2, 0) is 19.6 Å². The minimum atomic E-state index is -3.81. The summed E-state index contributed by atoms with van der Waals surface area (Å²) in [5, 5.41) is 3.63. The minimum absolute atomic E-state index is 0.000643. The summed E-state index contributed by atoms with van der Waals surface area (Å²) >= 11 is 0. The number of carbonyl (C=O) groups excluding carboxylic acids is 2. The van der Waals surface area contributed by atoms with E-state index in [1.54, 1.807) is 12.1 Å². The number of nitrogens with one attached hydrogen (secondary N) is 1. The summed E-state index contributed by atoms with van der Waals surface area (Å²) in [4.78, 5) is 24.8.